The van der Waals surface area contributed by atoms with Gasteiger partial charge < -0.3 is 10.1 Å². The number of nitrogens with one attached hydrogen (secondary N) is 1. The molecule has 0 fully saturated rings. The van der Waals surface area contributed by atoms with Gasteiger partial charge in [-0.05, 0) is 36.4 Å². The summed E-state index contributed by atoms with van der Waals surface area (Å²) in [7, 11) is 0. The number of pyridine rings is 1. The third-order valence-corrected chi connectivity index (χ3v) is 4.10. The quantitative estimate of drug-likeness (QED) is 0.714. The molecule has 0 aliphatic rings. The molecule has 0 aliphatic carbocycles. The van der Waals surface area contributed by atoms with E-state index in [1.165, 1.54) is 11.3 Å². The lowest BCUT2D eigenvalue weighted by molar-refractivity contribution is -0.116. The first-order valence-corrected chi connectivity index (χ1v) is 8.51. The lowest BCUT2D eigenvalue weighted by atomic mass is 10.3. The molecule has 7 heteroatoms. The molecule has 0 unspecified atom stereocenters. The number of hydrogen-bond acceptors (Lipinski definition) is 5. The number of rotatable bonds is 6. The minimum absolute atomic E-state index is 0.147. The Hall–Kier alpha value is -2.44. The van der Waals surface area contributed by atoms with Gasteiger partial charge in [0.1, 0.15) is 11.4 Å². The van der Waals surface area contributed by atoms with Gasteiger partial charge >= 0.3 is 0 Å². The first-order valence-electron chi connectivity index (χ1n) is 7.26. The Labute approximate surface area is 148 Å². The summed E-state index contributed by atoms with van der Waals surface area (Å²) in [6.45, 7) is 0.284. The smallest absolute Gasteiger partial charge is 0.229 e. The van der Waals surface area contributed by atoms with Crippen molar-refractivity contribution >= 4 is 34.0 Å². The van der Waals surface area contributed by atoms with Gasteiger partial charge in [0.15, 0.2) is 5.13 Å². The molecule has 1 amide bonds. The third-order valence-electron chi connectivity index (χ3n) is 3.09. The molecule has 0 saturated carbocycles. The van der Waals surface area contributed by atoms with E-state index >= 15 is 0 Å². The predicted molar refractivity (Wildman–Crippen MR) is 95.5 cm³/mol. The highest BCUT2D eigenvalue weighted by Gasteiger charge is 2.09. The average molecular weight is 360 g/mol. The molecule has 0 aliphatic heterocycles. The van der Waals surface area contributed by atoms with Crippen LogP contribution in [0.4, 0.5) is 5.13 Å². The largest absolute Gasteiger partial charge is 0.493 e. The van der Waals surface area contributed by atoms with Crippen LogP contribution in [-0.4, -0.2) is 22.5 Å². The van der Waals surface area contributed by atoms with Crippen LogP contribution in [-0.2, 0) is 4.79 Å². The molecule has 0 saturated heterocycles. The van der Waals surface area contributed by atoms with Crippen LogP contribution in [0.5, 0.6) is 5.75 Å². The number of ether oxygens (including phenoxy) is 1. The summed E-state index contributed by atoms with van der Waals surface area (Å²) < 4.78 is 5.50. The lowest BCUT2D eigenvalue weighted by Crippen LogP contribution is -2.15. The molecule has 0 bridgehead atoms. The fourth-order valence-electron chi connectivity index (χ4n) is 1.94. The normalized spacial score (nSPS) is 10.4. The highest BCUT2D eigenvalue weighted by atomic mass is 35.5. The number of nitrogens with zero attached hydrogens (tertiary/aromatic N) is 2. The molecule has 5 nitrogen and oxygen atoms in total. The second-order valence-corrected chi connectivity index (χ2v) is 6.15. The molecule has 1 aromatic carbocycles. The molecule has 0 atom stereocenters. The molecule has 2 heterocycles. The third kappa shape index (κ3) is 4.53. The maximum absolute atomic E-state index is 11.9. The zero-order chi connectivity index (χ0) is 16.8. The summed E-state index contributed by atoms with van der Waals surface area (Å²) in [6.07, 6.45) is 1.95. The molecule has 122 valence electrons. The van der Waals surface area contributed by atoms with Gasteiger partial charge in [0.25, 0.3) is 0 Å². The Kier molecular flexibility index (Phi) is 5.40. The molecule has 0 spiro atoms. The maximum atomic E-state index is 11.9. The van der Waals surface area contributed by atoms with Crippen LogP contribution in [0.2, 0.25) is 5.02 Å². The van der Waals surface area contributed by atoms with E-state index in [-0.39, 0.29) is 18.9 Å². The van der Waals surface area contributed by atoms with Crippen molar-refractivity contribution in [2.45, 2.75) is 6.42 Å². The average Bonchev–Trinajstić information content (AvgIpc) is 3.06. The maximum Gasteiger partial charge on any atom is 0.229 e. The van der Waals surface area contributed by atoms with Gasteiger partial charge in [0, 0.05) is 16.6 Å². The zero-order valence-corrected chi connectivity index (χ0v) is 14.2. The minimum atomic E-state index is -0.147. The number of benzene rings is 1. The summed E-state index contributed by atoms with van der Waals surface area (Å²) in [4.78, 5) is 20.5. The molecule has 0 radical (unpaired) electrons. The summed E-state index contributed by atoms with van der Waals surface area (Å²) >= 11 is 7.17. The van der Waals surface area contributed by atoms with Crippen molar-refractivity contribution in [3.05, 3.63) is 59.1 Å². The Balaban J connectivity index is 1.48. The number of thiazole rings is 1. The summed E-state index contributed by atoms with van der Waals surface area (Å²) in [5, 5.41) is 5.82. The number of halogens is 1. The fraction of sp³-hybridized carbons (Fsp3) is 0.118. The highest BCUT2D eigenvalue weighted by molar-refractivity contribution is 7.14. The zero-order valence-electron chi connectivity index (χ0n) is 12.6. The monoisotopic (exact) mass is 359 g/mol. The molecular weight excluding hydrogens is 346 g/mol. The SMILES string of the molecule is O=C(CCOc1ccc(Cl)cc1)Nc1nc(-c2ccccn2)cs1. The van der Waals surface area contributed by atoms with Crippen LogP contribution in [0.25, 0.3) is 11.4 Å². The topological polar surface area (TPSA) is 64.1 Å². The van der Waals surface area contributed by atoms with Gasteiger partial charge in [0.2, 0.25) is 5.91 Å². The van der Waals surface area contributed by atoms with E-state index in [1.54, 1.807) is 30.5 Å². The van der Waals surface area contributed by atoms with Crippen molar-refractivity contribution in [3.63, 3.8) is 0 Å². The van der Waals surface area contributed by atoms with Crippen LogP contribution < -0.4 is 10.1 Å². The number of carbonyl (C=O) groups excluding carboxylic acids is 1. The van der Waals surface area contributed by atoms with E-state index in [4.69, 9.17) is 16.3 Å². The van der Waals surface area contributed by atoms with E-state index in [0.717, 1.165) is 11.4 Å². The van der Waals surface area contributed by atoms with Crippen molar-refractivity contribution in [1.29, 1.82) is 0 Å². The molecular formula is C17H14ClN3O2S. The number of carbonyl (C=O) groups is 1. The van der Waals surface area contributed by atoms with E-state index in [2.05, 4.69) is 15.3 Å². The second-order valence-electron chi connectivity index (χ2n) is 4.85. The summed E-state index contributed by atoms with van der Waals surface area (Å²) in [5.74, 6) is 0.532. The van der Waals surface area contributed by atoms with Crippen LogP contribution in [0.1, 0.15) is 6.42 Å². The predicted octanol–water partition coefficient (Wildman–Crippen LogP) is 4.27. The van der Waals surface area contributed by atoms with Gasteiger partial charge in [-0.2, -0.15) is 0 Å². The van der Waals surface area contributed by atoms with Gasteiger partial charge in [-0.1, -0.05) is 17.7 Å². The van der Waals surface area contributed by atoms with E-state index < -0.39 is 0 Å². The Morgan fingerprint density at radius 2 is 2.00 bits per heavy atom. The second kappa shape index (κ2) is 7.90. The minimum Gasteiger partial charge on any atom is -0.493 e. The van der Waals surface area contributed by atoms with E-state index in [0.29, 0.717) is 15.9 Å². The van der Waals surface area contributed by atoms with Crippen molar-refractivity contribution in [2.75, 3.05) is 11.9 Å². The molecule has 3 aromatic rings. The van der Waals surface area contributed by atoms with Crippen LogP contribution in [0.3, 0.4) is 0 Å². The number of aromatic nitrogens is 2. The fourth-order valence-corrected chi connectivity index (χ4v) is 2.78. The first kappa shape index (κ1) is 16.4. The molecule has 24 heavy (non-hydrogen) atoms. The summed E-state index contributed by atoms with van der Waals surface area (Å²) in [6, 6.07) is 12.6. The van der Waals surface area contributed by atoms with Gasteiger partial charge in [-0.3, -0.25) is 9.78 Å². The number of anilines is 1. The van der Waals surface area contributed by atoms with Gasteiger partial charge in [0.05, 0.1) is 18.7 Å². The lowest BCUT2D eigenvalue weighted by Gasteiger charge is -2.05. The van der Waals surface area contributed by atoms with Gasteiger partial charge in [-0.25, -0.2) is 4.98 Å². The Morgan fingerprint density at radius 3 is 2.75 bits per heavy atom. The van der Waals surface area contributed by atoms with Gasteiger partial charge in [-0.15, -0.1) is 11.3 Å². The molecule has 2 aromatic heterocycles. The molecule has 3 rings (SSSR count). The van der Waals surface area contributed by atoms with E-state index in [9.17, 15) is 4.79 Å². The molecule has 1 N–H and O–H groups in total. The standard InChI is InChI=1S/C17H14ClN3O2S/c18-12-4-6-13(7-5-12)23-10-8-16(22)21-17-20-15(11-24-17)14-3-1-2-9-19-14/h1-7,9,11H,8,10H2,(H,20,21,22). The Bertz CT molecular complexity index is 806. The summed E-state index contributed by atoms with van der Waals surface area (Å²) in [5.41, 5.74) is 1.52. The van der Waals surface area contributed by atoms with Crippen LogP contribution in [0.15, 0.2) is 54.0 Å². The Morgan fingerprint density at radius 1 is 1.17 bits per heavy atom. The first-order chi connectivity index (χ1) is 11.7. The highest BCUT2D eigenvalue weighted by Crippen LogP contribution is 2.23. The number of amides is 1. The van der Waals surface area contributed by atoms with Crippen LogP contribution in [0, 0.1) is 0 Å². The van der Waals surface area contributed by atoms with Crippen LogP contribution >= 0.6 is 22.9 Å². The van der Waals surface area contributed by atoms with Crippen molar-refractivity contribution < 1.29 is 9.53 Å². The number of hydrogen-bond donors (Lipinski definition) is 1. The van der Waals surface area contributed by atoms with E-state index in [1.807, 2.05) is 23.6 Å². The van der Waals surface area contributed by atoms with Crippen molar-refractivity contribution in [3.8, 4) is 17.1 Å². The van der Waals surface area contributed by atoms with Crippen molar-refractivity contribution in [2.24, 2.45) is 0 Å². The van der Waals surface area contributed by atoms with Crippen molar-refractivity contribution in [1.82, 2.24) is 9.97 Å².